The summed E-state index contributed by atoms with van der Waals surface area (Å²) in [6, 6.07) is 22.6. The molecule has 3 aromatic carbocycles. The first kappa shape index (κ1) is 26.4. The zero-order chi connectivity index (χ0) is 26.2. The lowest BCUT2D eigenvalue weighted by Gasteiger charge is -2.23. The molecule has 0 fully saturated rings. The van der Waals surface area contributed by atoms with E-state index in [1.807, 2.05) is 79.7 Å². The molecule has 4 rings (SSSR count). The van der Waals surface area contributed by atoms with Crippen LogP contribution in [-0.4, -0.2) is 43.0 Å². The van der Waals surface area contributed by atoms with Gasteiger partial charge in [-0.05, 0) is 73.7 Å². The van der Waals surface area contributed by atoms with E-state index in [0.717, 1.165) is 39.4 Å². The summed E-state index contributed by atoms with van der Waals surface area (Å²) in [4.78, 5) is 19.4. The van der Waals surface area contributed by atoms with E-state index in [2.05, 4.69) is 25.8 Å². The Morgan fingerprint density at radius 1 is 0.892 bits per heavy atom. The van der Waals surface area contributed by atoms with E-state index in [0.29, 0.717) is 36.2 Å². The number of amides is 2. The molecule has 0 aliphatic carbocycles. The SMILES string of the molecule is COc1ccc2nc(C)cc(Nc3cccc(NC(=O)Nc4ccc(N(CCCl)CCCl)cc4)c3)c2c1. The van der Waals surface area contributed by atoms with Crippen molar-refractivity contribution in [2.75, 3.05) is 52.8 Å². The third kappa shape index (κ3) is 6.96. The van der Waals surface area contributed by atoms with Crippen molar-refractivity contribution in [2.24, 2.45) is 0 Å². The fraction of sp³-hybridized carbons (Fsp3) is 0.214. The smallest absolute Gasteiger partial charge is 0.323 e. The number of benzene rings is 3. The van der Waals surface area contributed by atoms with E-state index >= 15 is 0 Å². The number of hydrogen-bond donors (Lipinski definition) is 3. The number of hydrogen-bond acceptors (Lipinski definition) is 5. The highest BCUT2D eigenvalue weighted by Gasteiger charge is 2.09. The predicted octanol–water partition coefficient (Wildman–Crippen LogP) is 7.22. The van der Waals surface area contributed by atoms with Gasteiger partial charge in [0.15, 0.2) is 0 Å². The Bertz CT molecular complexity index is 1360. The number of aromatic nitrogens is 1. The molecule has 192 valence electrons. The van der Waals surface area contributed by atoms with Gasteiger partial charge in [-0.1, -0.05) is 6.07 Å². The Labute approximate surface area is 226 Å². The van der Waals surface area contributed by atoms with Crippen molar-refractivity contribution in [1.82, 2.24) is 4.98 Å². The van der Waals surface area contributed by atoms with Crippen LogP contribution in [-0.2, 0) is 0 Å². The quantitative estimate of drug-likeness (QED) is 0.186. The van der Waals surface area contributed by atoms with E-state index in [1.54, 1.807) is 7.11 Å². The second-order valence-electron chi connectivity index (χ2n) is 8.39. The van der Waals surface area contributed by atoms with Crippen molar-refractivity contribution >= 4 is 68.6 Å². The summed E-state index contributed by atoms with van der Waals surface area (Å²) >= 11 is 11.8. The van der Waals surface area contributed by atoms with E-state index in [9.17, 15) is 4.79 Å². The van der Waals surface area contributed by atoms with Crippen molar-refractivity contribution in [2.45, 2.75) is 6.92 Å². The van der Waals surface area contributed by atoms with E-state index < -0.39 is 0 Å². The van der Waals surface area contributed by atoms with Gasteiger partial charge in [-0.3, -0.25) is 4.98 Å². The Morgan fingerprint density at radius 2 is 1.59 bits per heavy atom. The molecule has 7 nitrogen and oxygen atoms in total. The molecule has 0 spiro atoms. The highest BCUT2D eigenvalue weighted by atomic mass is 35.5. The molecular weight excluding hydrogens is 509 g/mol. The van der Waals surface area contributed by atoms with Gasteiger partial charge in [-0.15, -0.1) is 23.2 Å². The predicted molar refractivity (Wildman–Crippen MR) is 155 cm³/mol. The molecule has 0 radical (unpaired) electrons. The Hall–Kier alpha value is -3.68. The number of pyridine rings is 1. The maximum absolute atomic E-state index is 12.7. The average molecular weight is 538 g/mol. The first-order chi connectivity index (χ1) is 18.0. The summed E-state index contributed by atoms with van der Waals surface area (Å²) in [6.45, 7) is 3.36. The summed E-state index contributed by atoms with van der Waals surface area (Å²) in [5.74, 6) is 1.78. The van der Waals surface area contributed by atoms with Crippen LogP contribution in [0.15, 0.2) is 72.8 Å². The number of carbonyl (C=O) groups is 1. The number of nitrogens with one attached hydrogen (secondary N) is 3. The highest BCUT2D eigenvalue weighted by molar-refractivity contribution is 6.18. The van der Waals surface area contributed by atoms with Crippen LogP contribution >= 0.6 is 23.2 Å². The second-order valence-corrected chi connectivity index (χ2v) is 9.15. The normalized spacial score (nSPS) is 10.7. The number of nitrogens with zero attached hydrogens (tertiary/aromatic N) is 2. The van der Waals surface area contributed by atoms with Gasteiger partial charge in [0, 0.05) is 64.4 Å². The molecule has 0 aliphatic rings. The van der Waals surface area contributed by atoms with Gasteiger partial charge >= 0.3 is 6.03 Å². The van der Waals surface area contributed by atoms with Gasteiger partial charge in [0.25, 0.3) is 0 Å². The third-order valence-corrected chi connectivity index (χ3v) is 6.08. The lowest BCUT2D eigenvalue weighted by atomic mass is 10.1. The molecule has 0 atom stereocenters. The molecule has 0 saturated carbocycles. The van der Waals surface area contributed by atoms with Crippen LogP contribution in [0.2, 0.25) is 0 Å². The number of ether oxygens (including phenoxy) is 1. The van der Waals surface area contributed by atoms with Crippen LogP contribution < -0.4 is 25.6 Å². The van der Waals surface area contributed by atoms with Crippen LogP contribution in [0.4, 0.5) is 33.2 Å². The number of anilines is 5. The number of aryl methyl sites for hydroxylation is 1. The van der Waals surface area contributed by atoms with Gasteiger partial charge in [0.1, 0.15) is 5.75 Å². The molecule has 4 aromatic rings. The van der Waals surface area contributed by atoms with Crippen molar-refractivity contribution in [3.63, 3.8) is 0 Å². The second kappa shape index (κ2) is 12.5. The van der Waals surface area contributed by atoms with Crippen LogP contribution in [0.25, 0.3) is 10.9 Å². The monoisotopic (exact) mass is 537 g/mol. The van der Waals surface area contributed by atoms with E-state index in [1.165, 1.54) is 0 Å². The van der Waals surface area contributed by atoms with Crippen LogP contribution in [0, 0.1) is 6.92 Å². The fourth-order valence-electron chi connectivity index (χ4n) is 4.02. The zero-order valence-electron chi connectivity index (χ0n) is 20.7. The van der Waals surface area contributed by atoms with Crippen molar-refractivity contribution < 1.29 is 9.53 Å². The lowest BCUT2D eigenvalue weighted by molar-refractivity contribution is 0.262. The van der Waals surface area contributed by atoms with Gasteiger partial charge < -0.3 is 25.6 Å². The van der Waals surface area contributed by atoms with E-state index in [-0.39, 0.29) is 6.03 Å². The van der Waals surface area contributed by atoms with E-state index in [4.69, 9.17) is 27.9 Å². The lowest BCUT2D eigenvalue weighted by Crippen LogP contribution is -2.27. The molecule has 2 amide bonds. The van der Waals surface area contributed by atoms with Crippen molar-refractivity contribution in [3.05, 3.63) is 78.5 Å². The fourth-order valence-corrected chi connectivity index (χ4v) is 4.43. The summed E-state index contributed by atoms with van der Waals surface area (Å²) in [5.41, 5.74) is 5.84. The first-order valence-electron chi connectivity index (χ1n) is 11.9. The minimum atomic E-state index is -0.335. The van der Waals surface area contributed by atoms with Gasteiger partial charge in [-0.2, -0.15) is 0 Å². The summed E-state index contributed by atoms with van der Waals surface area (Å²) in [7, 11) is 1.64. The Balaban J connectivity index is 1.44. The largest absolute Gasteiger partial charge is 0.497 e. The number of rotatable bonds is 10. The zero-order valence-corrected chi connectivity index (χ0v) is 22.2. The minimum Gasteiger partial charge on any atom is -0.497 e. The number of carbonyl (C=O) groups excluding carboxylic acids is 1. The topological polar surface area (TPSA) is 78.5 Å². The number of methoxy groups -OCH3 is 1. The van der Waals surface area contributed by atoms with Crippen LogP contribution in [0.5, 0.6) is 5.75 Å². The number of halogens is 2. The van der Waals surface area contributed by atoms with Crippen molar-refractivity contribution in [3.8, 4) is 5.75 Å². The maximum Gasteiger partial charge on any atom is 0.323 e. The van der Waals surface area contributed by atoms with Gasteiger partial charge in [-0.25, -0.2) is 4.79 Å². The molecule has 9 heteroatoms. The summed E-state index contributed by atoms with van der Waals surface area (Å²) in [5, 5.41) is 10.2. The first-order valence-corrected chi connectivity index (χ1v) is 12.9. The average Bonchev–Trinajstić information content (AvgIpc) is 2.89. The molecule has 1 aromatic heterocycles. The molecule has 0 saturated heterocycles. The maximum atomic E-state index is 12.7. The molecule has 37 heavy (non-hydrogen) atoms. The number of urea groups is 1. The van der Waals surface area contributed by atoms with Crippen LogP contribution in [0.1, 0.15) is 5.69 Å². The van der Waals surface area contributed by atoms with Gasteiger partial charge in [0.2, 0.25) is 0 Å². The molecule has 0 unspecified atom stereocenters. The number of fused-ring (bicyclic) bond motifs is 1. The Kier molecular flexibility index (Phi) is 8.93. The molecule has 0 aliphatic heterocycles. The van der Waals surface area contributed by atoms with Crippen molar-refractivity contribution in [1.29, 1.82) is 0 Å². The molecule has 0 bridgehead atoms. The Morgan fingerprint density at radius 3 is 2.30 bits per heavy atom. The van der Waals surface area contributed by atoms with Crippen LogP contribution in [0.3, 0.4) is 0 Å². The van der Waals surface area contributed by atoms with Gasteiger partial charge in [0.05, 0.1) is 12.6 Å². The summed E-state index contributed by atoms with van der Waals surface area (Å²) in [6.07, 6.45) is 0. The summed E-state index contributed by atoms with van der Waals surface area (Å²) < 4.78 is 5.39. The highest BCUT2D eigenvalue weighted by Crippen LogP contribution is 2.30. The minimum absolute atomic E-state index is 0.335. The standard InChI is InChI=1S/C28H29Cl2N5O2/c1-19-16-27(25-18-24(37-2)10-11-26(25)31-19)32-21-4-3-5-22(17-21)34-28(36)33-20-6-8-23(9-7-20)35(14-12-29)15-13-30/h3-11,16-18H,12-15H2,1-2H3,(H,31,32)(H2,33,34,36). The molecular formula is C28H29Cl2N5O2. The number of alkyl halides is 2. The molecule has 1 heterocycles. The molecule has 3 N–H and O–H groups in total. The third-order valence-electron chi connectivity index (χ3n) is 5.74.